The van der Waals surface area contributed by atoms with Crippen LogP contribution in [0.2, 0.25) is 0 Å². The second-order valence-corrected chi connectivity index (χ2v) is 5.96. The number of fused-ring (bicyclic) bond motifs is 1. The molecule has 7 heteroatoms. The molecule has 2 aromatic carbocycles. The number of esters is 1. The highest BCUT2D eigenvalue weighted by molar-refractivity contribution is 7.21. The molecule has 0 aliphatic rings. The van der Waals surface area contributed by atoms with Crippen LogP contribution in [0.15, 0.2) is 30.3 Å². The maximum Gasteiger partial charge on any atom is 0.348 e. The van der Waals surface area contributed by atoms with Crippen LogP contribution in [0, 0.1) is 17.5 Å². The van der Waals surface area contributed by atoms with Crippen LogP contribution in [0.1, 0.15) is 9.67 Å². The molecule has 0 N–H and O–H groups in total. The van der Waals surface area contributed by atoms with Gasteiger partial charge in [0.2, 0.25) is 0 Å². The maximum absolute atomic E-state index is 14.5. The molecule has 3 nitrogen and oxygen atoms in total. The lowest BCUT2D eigenvalue weighted by Crippen LogP contribution is -2.02. The fourth-order valence-corrected chi connectivity index (χ4v) is 3.61. The summed E-state index contributed by atoms with van der Waals surface area (Å²) in [7, 11) is 2.45. The molecular weight excluding hydrogens is 341 g/mol. The van der Waals surface area contributed by atoms with Crippen molar-refractivity contribution in [2.75, 3.05) is 14.2 Å². The first kappa shape index (κ1) is 16.3. The zero-order chi connectivity index (χ0) is 17.4. The topological polar surface area (TPSA) is 35.5 Å². The molecular formula is C17H11F3O3S. The van der Waals surface area contributed by atoms with Gasteiger partial charge in [-0.2, -0.15) is 0 Å². The van der Waals surface area contributed by atoms with Crippen molar-refractivity contribution >= 4 is 27.4 Å². The first-order valence-corrected chi connectivity index (χ1v) is 7.61. The highest BCUT2D eigenvalue weighted by Gasteiger charge is 2.26. The van der Waals surface area contributed by atoms with Gasteiger partial charge in [0.25, 0.3) is 0 Å². The molecule has 124 valence electrons. The van der Waals surface area contributed by atoms with E-state index in [9.17, 15) is 18.0 Å². The summed E-state index contributed by atoms with van der Waals surface area (Å²) in [5.74, 6) is -3.02. The minimum absolute atomic E-state index is 0.000988. The number of halogens is 3. The van der Waals surface area contributed by atoms with Crippen molar-refractivity contribution < 1.29 is 27.4 Å². The first-order valence-electron chi connectivity index (χ1n) is 6.80. The lowest BCUT2D eigenvalue weighted by molar-refractivity contribution is 0.0607. The molecule has 0 fully saturated rings. The molecule has 1 heterocycles. The number of rotatable bonds is 3. The van der Waals surface area contributed by atoms with Gasteiger partial charge in [-0.25, -0.2) is 18.0 Å². The fourth-order valence-electron chi connectivity index (χ4n) is 2.46. The van der Waals surface area contributed by atoms with Gasteiger partial charge in [-0.15, -0.1) is 11.3 Å². The zero-order valence-electron chi connectivity index (χ0n) is 12.7. The molecule has 0 spiro atoms. The third kappa shape index (κ3) is 2.60. The Morgan fingerprint density at radius 2 is 1.67 bits per heavy atom. The summed E-state index contributed by atoms with van der Waals surface area (Å²) in [6, 6.07) is 5.79. The molecule has 0 bridgehead atoms. The first-order chi connectivity index (χ1) is 11.5. The van der Waals surface area contributed by atoms with Crippen molar-refractivity contribution in [3.8, 4) is 16.9 Å². The Balaban J connectivity index is 2.38. The summed E-state index contributed by atoms with van der Waals surface area (Å²) in [5, 5.41) is 0.366. The lowest BCUT2D eigenvalue weighted by Gasteiger charge is -2.09. The van der Waals surface area contributed by atoms with E-state index in [0.717, 1.165) is 30.6 Å². The summed E-state index contributed by atoms with van der Waals surface area (Å²) in [4.78, 5) is 12.0. The van der Waals surface area contributed by atoms with Crippen molar-refractivity contribution in [3.63, 3.8) is 0 Å². The molecule has 0 amide bonds. The van der Waals surface area contributed by atoms with Gasteiger partial charge in [0.05, 0.1) is 19.8 Å². The second kappa shape index (κ2) is 6.16. The number of carbonyl (C=O) groups is 1. The van der Waals surface area contributed by atoms with Crippen LogP contribution < -0.4 is 4.74 Å². The van der Waals surface area contributed by atoms with Crippen molar-refractivity contribution in [3.05, 3.63) is 52.7 Å². The monoisotopic (exact) mass is 352 g/mol. The van der Waals surface area contributed by atoms with Crippen molar-refractivity contribution in [2.45, 2.75) is 0 Å². The third-order valence-electron chi connectivity index (χ3n) is 3.52. The third-order valence-corrected chi connectivity index (χ3v) is 4.66. The van der Waals surface area contributed by atoms with Crippen LogP contribution in [0.4, 0.5) is 13.2 Å². The van der Waals surface area contributed by atoms with E-state index in [0.29, 0.717) is 10.1 Å². The second-order valence-electron chi connectivity index (χ2n) is 4.90. The van der Waals surface area contributed by atoms with Gasteiger partial charge >= 0.3 is 5.97 Å². The molecule has 3 rings (SSSR count). The summed E-state index contributed by atoms with van der Waals surface area (Å²) < 4.78 is 52.3. The fraction of sp³-hybridized carbons (Fsp3) is 0.118. The van der Waals surface area contributed by atoms with Gasteiger partial charge in [-0.1, -0.05) is 0 Å². The number of hydrogen-bond donors (Lipinski definition) is 0. The van der Waals surface area contributed by atoms with E-state index in [4.69, 9.17) is 9.47 Å². The van der Waals surface area contributed by atoms with Crippen LogP contribution in [-0.4, -0.2) is 20.2 Å². The van der Waals surface area contributed by atoms with E-state index in [1.807, 2.05) is 0 Å². The summed E-state index contributed by atoms with van der Waals surface area (Å²) in [6.45, 7) is 0. The van der Waals surface area contributed by atoms with E-state index in [1.54, 1.807) is 0 Å². The highest BCUT2D eigenvalue weighted by Crippen LogP contribution is 2.42. The largest absolute Gasteiger partial charge is 0.497 e. The van der Waals surface area contributed by atoms with Gasteiger partial charge in [0, 0.05) is 27.8 Å². The van der Waals surface area contributed by atoms with E-state index < -0.39 is 23.4 Å². The van der Waals surface area contributed by atoms with Gasteiger partial charge < -0.3 is 9.47 Å². The van der Waals surface area contributed by atoms with Crippen LogP contribution >= 0.6 is 11.3 Å². The number of ether oxygens (including phenoxy) is 2. The molecule has 0 aliphatic carbocycles. The average Bonchev–Trinajstić information content (AvgIpc) is 2.91. The summed E-state index contributed by atoms with van der Waals surface area (Å²) >= 11 is 0.914. The smallest absolute Gasteiger partial charge is 0.348 e. The molecule has 0 aliphatic heterocycles. The molecule has 3 aromatic rings. The van der Waals surface area contributed by atoms with E-state index in [1.165, 1.54) is 25.3 Å². The van der Waals surface area contributed by atoms with Gasteiger partial charge in [0.15, 0.2) is 0 Å². The van der Waals surface area contributed by atoms with E-state index in [2.05, 4.69) is 0 Å². The minimum atomic E-state index is -0.888. The highest BCUT2D eigenvalue weighted by atomic mass is 32.1. The number of hydrogen-bond acceptors (Lipinski definition) is 4. The Labute approximate surface area is 139 Å². The SMILES string of the molecule is COC(=O)c1sc2cc(F)ccc2c1-c1c(F)cc(OC)cc1F. The molecule has 1 aromatic heterocycles. The lowest BCUT2D eigenvalue weighted by atomic mass is 10.0. The van der Waals surface area contributed by atoms with Crippen LogP contribution in [-0.2, 0) is 4.74 Å². The number of carbonyl (C=O) groups excluding carboxylic acids is 1. The molecule has 0 unspecified atom stereocenters. The Kier molecular flexibility index (Phi) is 4.19. The minimum Gasteiger partial charge on any atom is -0.497 e. The van der Waals surface area contributed by atoms with E-state index >= 15 is 0 Å². The van der Waals surface area contributed by atoms with E-state index in [-0.39, 0.29) is 21.8 Å². The Morgan fingerprint density at radius 1 is 1.00 bits per heavy atom. The summed E-state index contributed by atoms with van der Waals surface area (Å²) in [5.41, 5.74) is -0.339. The van der Waals surface area contributed by atoms with Gasteiger partial charge in [-0.3, -0.25) is 0 Å². The summed E-state index contributed by atoms with van der Waals surface area (Å²) in [6.07, 6.45) is 0. The Morgan fingerprint density at radius 3 is 2.25 bits per heavy atom. The molecule has 0 radical (unpaired) electrons. The van der Waals surface area contributed by atoms with Crippen LogP contribution in [0.25, 0.3) is 21.2 Å². The quantitative estimate of drug-likeness (QED) is 0.637. The standard InChI is InChI=1S/C17H11F3O3S/c1-22-9-6-11(19)15(12(20)7-9)14-10-4-3-8(18)5-13(10)24-16(14)17(21)23-2/h3-7H,1-2H3. The van der Waals surface area contributed by atoms with Crippen LogP contribution in [0.3, 0.4) is 0 Å². The Hall–Kier alpha value is -2.54. The molecule has 0 atom stereocenters. The average molecular weight is 352 g/mol. The Bertz CT molecular complexity index is 927. The van der Waals surface area contributed by atoms with Crippen LogP contribution in [0.5, 0.6) is 5.75 Å². The predicted octanol–water partition coefficient (Wildman–Crippen LogP) is 4.78. The zero-order valence-corrected chi connectivity index (χ0v) is 13.5. The van der Waals surface area contributed by atoms with Crippen molar-refractivity contribution in [2.24, 2.45) is 0 Å². The van der Waals surface area contributed by atoms with Crippen molar-refractivity contribution in [1.82, 2.24) is 0 Å². The number of methoxy groups -OCH3 is 2. The number of benzene rings is 2. The van der Waals surface area contributed by atoms with Gasteiger partial charge in [0.1, 0.15) is 28.1 Å². The molecule has 24 heavy (non-hydrogen) atoms. The molecule has 0 saturated carbocycles. The maximum atomic E-state index is 14.5. The predicted molar refractivity (Wildman–Crippen MR) is 85.0 cm³/mol. The number of thiophene rings is 1. The molecule has 0 saturated heterocycles. The van der Waals surface area contributed by atoms with Crippen molar-refractivity contribution in [1.29, 1.82) is 0 Å². The van der Waals surface area contributed by atoms with Gasteiger partial charge in [-0.05, 0) is 18.2 Å². The normalized spacial score (nSPS) is 10.9.